The fraction of sp³-hybridized carbons (Fsp3) is 0.519. The van der Waals surface area contributed by atoms with Crippen LogP contribution in [-0.2, 0) is 6.54 Å². The van der Waals surface area contributed by atoms with E-state index in [-0.39, 0.29) is 24.6 Å². The molecular formula is C27H38N6O3. The van der Waals surface area contributed by atoms with E-state index in [2.05, 4.69) is 31.5 Å². The highest BCUT2D eigenvalue weighted by atomic mass is 16.3. The Morgan fingerprint density at radius 1 is 1.17 bits per heavy atom. The lowest BCUT2D eigenvalue weighted by Gasteiger charge is -2.36. The first-order valence-corrected chi connectivity index (χ1v) is 12.9. The van der Waals surface area contributed by atoms with Gasteiger partial charge in [-0.05, 0) is 50.5 Å². The minimum absolute atomic E-state index is 0.118. The zero-order valence-electron chi connectivity index (χ0n) is 21.3. The number of aryl methyl sites for hydroxylation is 2. The summed E-state index contributed by atoms with van der Waals surface area (Å²) in [6.45, 7) is 7.92. The van der Waals surface area contributed by atoms with Crippen molar-refractivity contribution in [3.63, 3.8) is 0 Å². The maximum Gasteiger partial charge on any atom is 0.253 e. The third kappa shape index (κ3) is 5.96. The molecule has 0 spiro atoms. The van der Waals surface area contributed by atoms with Crippen LogP contribution in [0.1, 0.15) is 58.4 Å². The Hall–Kier alpha value is -3.17. The largest absolute Gasteiger partial charge is 0.395 e. The van der Waals surface area contributed by atoms with Crippen molar-refractivity contribution in [1.29, 1.82) is 5.41 Å². The highest BCUT2D eigenvalue weighted by Crippen LogP contribution is 2.31. The summed E-state index contributed by atoms with van der Waals surface area (Å²) >= 11 is 0. The van der Waals surface area contributed by atoms with Crippen LogP contribution in [0, 0.1) is 19.3 Å². The molecule has 0 bridgehead atoms. The highest BCUT2D eigenvalue weighted by molar-refractivity contribution is 6.06. The lowest BCUT2D eigenvalue weighted by atomic mass is 10.0. The van der Waals surface area contributed by atoms with E-state index in [0.717, 1.165) is 61.7 Å². The Morgan fingerprint density at radius 2 is 1.89 bits per heavy atom. The summed E-state index contributed by atoms with van der Waals surface area (Å²) in [4.78, 5) is 33.2. The first-order chi connectivity index (χ1) is 17.4. The first-order valence-electron chi connectivity index (χ1n) is 12.9. The van der Waals surface area contributed by atoms with Crippen LogP contribution >= 0.6 is 0 Å². The van der Waals surface area contributed by atoms with Crippen LogP contribution in [0.25, 0.3) is 0 Å². The highest BCUT2D eigenvalue weighted by Gasteiger charge is 2.24. The fourth-order valence-corrected chi connectivity index (χ4v) is 5.31. The summed E-state index contributed by atoms with van der Waals surface area (Å²) in [7, 11) is 0. The van der Waals surface area contributed by atoms with Crippen LogP contribution in [0.4, 0.5) is 11.4 Å². The van der Waals surface area contributed by atoms with Crippen molar-refractivity contribution in [1.82, 2.24) is 15.2 Å². The summed E-state index contributed by atoms with van der Waals surface area (Å²) in [6.07, 6.45) is 5.78. The van der Waals surface area contributed by atoms with Crippen LogP contribution in [0.3, 0.4) is 0 Å². The number of piperazine rings is 1. The monoisotopic (exact) mass is 494 g/mol. The van der Waals surface area contributed by atoms with Crippen molar-refractivity contribution in [2.45, 2.75) is 52.1 Å². The number of aliphatic hydroxyl groups is 1. The van der Waals surface area contributed by atoms with E-state index in [9.17, 15) is 14.7 Å². The van der Waals surface area contributed by atoms with E-state index in [1.807, 2.05) is 26.0 Å². The van der Waals surface area contributed by atoms with Gasteiger partial charge in [0.15, 0.2) is 0 Å². The number of aliphatic hydroxyl groups excluding tert-OH is 1. The average molecular weight is 495 g/mol. The molecule has 1 aromatic heterocycles. The Morgan fingerprint density at radius 3 is 2.53 bits per heavy atom. The van der Waals surface area contributed by atoms with Crippen molar-refractivity contribution in [2.75, 3.05) is 49.5 Å². The minimum Gasteiger partial charge on any atom is -0.395 e. The van der Waals surface area contributed by atoms with E-state index in [4.69, 9.17) is 5.41 Å². The number of carbonyl (C=O) groups is 1. The number of aromatic amines is 1. The number of benzene rings is 1. The molecule has 194 valence electrons. The summed E-state index contributed by atoms with van der Waals surface area (Å²) < 4.78 is 0. The zero-order valence-corrected chi connectivity index (χ0v) is 21.3. The van der Waals surface area contributed by atoms with Gasteiger partial charge in [-0.2, -0.15) is 0 Å². The second-order valence-corrected chi connectivity index (χ2v) is 9.90. The normalized spacial score (nSPS) is 16.8. The van der Waals surface area contributed by atoms with Crippen LogP contribution < -0.4 is 21.1 Å². The molecule has 1 aliphatic heterocycles. The van der Waals surface area contributed by atoms with Gasteiger partial charge in [-0.3, -0.25) is 14.5 Å². The number of aromatic nitrogens is 1. The van der Waals surface area contributed by atoms with Gasteiger partial charge in [0, 0.05) is 79.7 Å². The van der Waals surface area contributed by atoms with E-state index in [0.29, 0.717) is 29.3 Å². The molecule has 9 heteroatoms. The van der Waals surface area contributed by atoms with E-state index in [1.165, 1.54) is 19.1 Å². The molecule has 36 heavy (non-hydrogen) atoms. The van der Waals surface area contributed by atoms with Gasteiger partial charge in [0.25, 0.3) is 11.5 Å². The third-order valence-corrected chi connectivity index (χ3v) is 7.34. The molecule has 1 saturated heterocycles. The molecule has 5 N–H and O–H groups in total. The summed E-state index contributed by atoms with van der Waals surface area (Å²) in [5.41, 5.74) is 4.71. The molecule has 2 aliphatic rings. The van der Waals surface area contributed by atoms with Gasteiger partial charge in [-0.15, -0.1) is 0 Å². The topological polar surface area (TPSA) is 125 Å². The number of anilines is 2. The van der Waals surface area contributed by atoms with Crippen molar-refractivity contribution < 1.29 is 9.90 Å². The van der Waals surface area contributed by atoms with Gasteiger partial charge < -0.3 is 31.0 Å². The SMILES string of the molecule is Cc1cc(C)c(CNC(=O)c2cc(N3CCN(CCO)CC3)cc(NC3CCCC3)c2C=N)c(=O)[nH]1. The molecule has 2 aromatic rings. The number of hydrogen-bond donors (Lipinski definition) is 5. The molecule has 0 radical (unpaired) electrons. The predicted molar refractivity (Wildman–Crippen MR) is 144 cm³/mol. The lowest BCUT2D eigenvalue weighted by molar-refractivity contribution is 0.0950. The number of hydrogen-bond acceptors (Lipinski definition) is 7. The third-order valence-electron chi connectivity index (χ3n) is 7.34. The lowest BCUT2D eigenvalue weighted by Crippen LogP contribution is -2.47. The molecule has 9 nitrogen and oxygen atoms in total. The van der Waals surface area contributed by atoms with Crippen molar-refractivity contribution in [3.05, 3.63) is 56.5 Å². The molecule has 1 saturated carbocycles. The molecule has 1 aromatic carbocycles. The average Bonchev–Trinajstić information content (AvgIpc) is 3.36. The van der Waals surface area contributed by atoms with Crippen molar-refractivity contribution in [3.8, 4) is 0 Å². The smallest absolute Gasteiger partial charge is 0.253 e. The molecule has 0 unspecified atom stereocenters. The molecule has 0 atom stereocenters. The minimum atomic E-state index is -0.303. The second kappa shape index (κ2) is 11.7. The Balaban J connectivity index is 1.62. The Labute approximate surface area is 212 Å². The van der Waals surface area contributed by atoms with E-state index in [1.54, 1.807) is 0 Å². The maximum absolute atomic E-state index is 13.4. The summed E-state index contributed by atoms with van der Waals surface area (Å²) in [6, 6.07) is 6.16. The number of β-amino-alcohol motifs (C(OH)–C–C–N with tert-alkyl or cyclic N) is 1. The summed E-state index contributed by atoms with van der Waals surface area (Å²) in [5.74, 6) is -0.303. The van der Waals surface area contributed by atoms with Gasteiger partial charge in [0.05, 0.1) is 12.2 Å². The van der Waals surface area contributed by atoms with Gasteiger partial charge in [-0.1, -0.05) is 12.8 Å². The van der Waals surface area contributed by atoms with E-state index >= 15 is 0 Å². The van der Waals surface area contributed by atoms with Gasteiger partial charge in [0.2, 0.25) is 0 Å². The molecule has 2 fully saturated rings. The van der Waals surface area contributed by atoms with Crippen LogP contribution in [-0.4, -0.2) is 72.5 Å². The van der Waals surface area contributed by atoms with Crippen LogP contribution in [0.5, 0.6) is 0 Å². The number of carbonyl (C=O) groups excluding carboxylic acids is 1. The summed E-state index contributed by atoms with van der Waals surface area (Å²) in [5, 5.41) is 23.9. The molecule has 2 heterocycles. The fourth-order valence-electron chi connectivity index (χ4n) is 5.31. The number of nitrogens with zero attached hydrogens (tertiary/aromatic N) is 2. The predicted octanol–water partition coefficient (Wildman–Crippen LogP) is 2.39. The van der Waals surface area contributed by atoms with Gasteiger partial charge in [-0.25, -0.2) is 0 Å². The number of amides is 1. The Bertz CT molecular complexity index is 1150. The molecular weight excluding hydrogens is 456 g/mol. The maximum atomic E-state index is 13.4. The van der Waals surface area contributed by atoms with Gasteiger partial charge in [0.1, 0.15) is 0 Å². The Kier molecular flexibility index (Phi) is 8.43. The van der Waals surface area contributed by atoms with Crippen molar-refractivity contribution in [2.24, 2.45) is 0 Å². The number of pyridine rings is 1. The number of H-pyrrole nitrogens is 1. The zero-order chi connectivity index (χ0) is 25.7. The van der Waals surface area contributed by atoms with Crippen LogP contribution in [0.15, 0.2) is 23.0 Å². The van der Waals surface area contributed by atoms with E-state index < -0.39 is 0 Å². The quantitative estimate of drug-likeness (QED) is 0.341. The standard InChI is InChI=1S/C27H38N6O3/c1-18-13-19(2)30-27(36)24(18)17-29-26(35)22-14-21(33-9-7-32(8-10-33)11-12-34)15-25(23(22)16-28)31-20-5-3-4-6-20/h13-16,20,28,31,34H,3-12,17H2,1-2H3,(H,29,35)(H,30,36). The molecule has 1 amide bonds. The van der Waals surface area contributed by atoms with Gasteiger partial charge >= 0.3 is 0 Å². The molecule has 1 aliphatic carbocycles. The number of nitrogens with one attached hydrogen (secondary N) is 4. The van der Waals surface area contributed by atoms with Crippen molar-refractivity contribution >= 4 is 23.5 Å². The molecule has 4 rings (SSSR count). The number of rotatable bonds is 9. The first kappa shape index (κ1) is 25.9. The second-order valence-electron chi connectivity index (χ2n) is 9.90. The van der Waals surface area contributed by atoms with Crippen LogP contribution in [0.2, 0.25) is 0 Å².